The summed E-state index contributed by atoms with van der Waals surface area (Å²) in [5.41, 5.74) is 2.25. The number of benzene rings is 2. The Hall–Kier alpha value is -2.36. The summed E-state index contributed by atoms with van der Waals surface area (Å²) in [6.07, 6.45) is 0.682. The quantitative estimate of drug-likeness (QED) is 0.813. The van der Waals surface area contributed by atoms with Crippen LogP contribution in [-0.4, -0.2) is 11.0 Å². The zero-order valence-corrected chi connectivity index (χ0v) is 10.1. The summed E-state index contributed by atoms with van der Waals surface area (Å²) < 4.78 is 13.5. The van der Waals surface area contributed by atoms with E-state index in [1.54, 1.807) is 0 Å². The summed E-state index contributed by atoms with van der Waals surface area (Å²) in [7, 11) is 0. The summed E-state index contributed by atoms with van der Waals surface area (Å²) in [5.74, 6) is -1.24. The number of phenolic OH excluding ortho intramolecular Hbond substituents is 1. The Morgan fingerprint density at radius 3 is 2.79 bits per heavy atom. The molecule has 0 radical (unpaired) electrons. The maximum absolute atomic E-state index is 13.5. The Morgan fingerprint density at radius 2 is 2.05 bits per heavy atom. The molecule has 0 bridgehead atoms. The number of hydrogen-bond donors (Lipinski definition) is 2. The first-order valence-corrected chi connectivity index (χ1v) is 6.02. The van der Waals surface area contributed by atoms with Crippen LogP contribution < -0.4 is 5.32 Å². The van der Waals surface area contributed by atoms with E-state index >= 15 is 0 Å². The molecule has 3 nitrogen and oxygen atoms in total. The molecule has 0 heterocycles. The van der Waals surface area contributed by atoms with Gasteiger partial charge in [0.1, 0.15) is 11.6 Å². The van der Waals surface area contributed by atoms with Gasteiger partial charge in [-0.1, -0.05) is 24.3 Å². The predicted octanol–water partition coefficient (Wildman–Crippen LogP) is 2.81. The minimum absolute atomic E-state index is 0.0900. The maximum atomic E-state index is 13.5. The molecule has 1 unspecified atom stereocenters. The van der Waals surface area contributed by atoms with E-state index in [1.807, 2.05) is 24.3 Å². The highest BCUT2D eigenvalue weighted by Crippen LogP contribution is 2.35. The van der Waals surface area contributed by atoms with Crippen molar-refractivity contribution in [3.8, 4) is 5.75 Å². The third-order valence-electron chi connectivity index (χ3n) is 3.38. The number of hydrogen-bond acceptors (Lipinski definition) is 2. The molecule has 0 fully saturated rings. The van der Waals surface area contributed by atoms with Gasteiger partial charge in [0.25, 0.3) is 0 Å². The van der Waals surface area contributed by atoms with Gasteiger partial charge in [0.15, 0.2) is 0 Å². The number of carbonyl (C=O) groups is 1. The molecular weight excluding hydrogens is 245 g/mol. The summed E-state index contributed by atoms with van der Waals surface area (Å²) in [5, 5.41) is 11.7. The van der Waals surface area contributed by atoms with Crippen molar-refractivity contribution >= 4 is 11.6 Å². The smallest absolute Gasteiger partial charge is 0.232 e. The maximum Gasteiger partial charge on any atom is 0.232 e. The third kappa shape index (κ3) is 2.05. The lowest BCUT2D eigenvalue weighted by atomic mass is 9.77. The van der Waals surface area contributed by atoms with Gasteiger partial charge < -0.3 is 10.4 Å². The molecule has 2 N–H and O–H groups in total. The van der Waals surface area contributed by atoms with Crippen molar-refractivity contribution < 1.29 is 14.3 Å². The first kappa shape index (κ1) is 11.7. The van der Waals surface area contributed by atoms with Crippen LogP contribution in [0.1, 0.15) is 17.0 Å². The predicted molar refractivity (Wildman–Crippen MR) is 69.6 cm³/mol. The molecule has 0 saturated heterocycles. The van der Waals surface area contributed by atoms with E-state index in [4.69, 9.17) is 5.11 Å². The fourth-order valence-electron chi connectivity index (χ4n) is 2.32. The van der Waals surface area contributed by atoms with Crippen LogP contribution in [0.2, 0.25) is 0 Å². The van der Waals surface area contributed by atoms with Gasteiger partial charge >= 0.3 is 0 Å². The van der Waals surface area contributed by atoms with Gasteiger partial charge in [-0.3, -0.25) is 4.79 Å². The van der Waals surface area contributed by atoms with Crippen LogP contribution in [0, 0.1) is 5.82 Å². The molecule has 3 rings (SSSR count). The number of anilines is 1. The van der Waals surface area contributed by atoms with E-state index in [0.717, 1.165) is 17.2 Å². The van der Waals surface area contributed by atoms with E-state index in [-0.39, 0.29) is 23.3 Å². The van der Waals surface area contributed by atoms with Gasteiger partial charge in [-0.2, -0.15) is 0 Å². The number of rotatable bonds is 2. The molecule has 2 aromatic carbocycles. The van der Waals surface area contributed by atoms with Crippen LogP contribution in [0.25, 0.3) is 0 Å². The van der Waals surface area contributed by atoms with Gasteiger partial charge in [-0.25, -0.2) is 4.39 Å². The third-order valence-corrected chi connectivity index (χ3v) is 3.38. The van der Waals surface area contributed by atoms with Crippen molar-refractivity contribution in [1.82, 2.24) is 0 Å². The second-order valence-electron chi connectivity index (χ2n) is 4.61. The Labute approximate surface area is 109 Å². The van der Waals surface area contributed by atoms with Crippen molar-refractivity contribution in [2.24, 2.45) is 0 Å². The highest BCUT2D eigenvalue weighted by atomic mass is 19.1. The normalized spacial score (nSPS) is 16.4. The number of amides is 1. The SMILES string of the molecule is O=C(Nc1ccc(O)cc1F)C1Cc2ccccc21. The van der Waals surface area contributed by atoms with Crippen molar-refractivity contribution in [1.29, 1.82) is 0 Å². The van der Waals surface area contributed by atoms with Crippen LogP contribution in [0.5, 0.6) is 5.75 Å². The van der Waals surface area contributed by atoms with Gasteiger partial charge in [-0.05, 0) is 29.7 Å². The second-order valence-corrected chi connectivity index (χ2v) is 4.61. The number of carbonyl (C=O) groups excluding carboxylic acids is 1. The molecule has 1 aliphatic carbocycles. The molecule has 1 atom stereocenters. The van der Waals surface area contributed by atoms with Crippen molar-refractivity contribution in [3.05, 3.63) is 59.4 Å². The lowest BCUT2D eigenvalue weighted by Gasteiger charge is -2.28. The van der Waals surface area contributed by atoms with Gasteiger partial charge in [0, 0.05) is 6.07 Å². The highest BCUT2D eigenvalue weighted by molar-refractivity contribution is 5.97. The number of phenols is 1. The Bertz CT molecular complexity index is 654. The first-order chi connectivity index (χ1) is 9.15. The van der Waals surface area contributed by atoms with E-state index < -0.39 is 5.82 Å². The van der Waals surface area contributed by atoms with Gasteiger partial charge in [-0.15, -0.1) is 0 Å². The Morgan fingerprint density at radius 1 is 1.26 bits per heavy atom. The summed E-state index contributed by atoms with van der Waals surface area (Å²) >= 11 is 0. The van der Waals surface area contributed by atoms with Crippen LogP contribution >= 0.6 is 0 Å². The molecule has 0 saturated carbocycles. The van der Waals surface area contributed by atoms with Gasteiger partial charge in [0.2, 0.25) is 5.91 Å². The van der Waals surface area contributed by atoms with Crippen LogP contribution in [0.4, 0.5) is 10.1 Å². The molecule has 2 aromatic rings. The van der Waals surface area contributed by atoms with E-state index in [2.05, 4.69) is 5.32 Å². The average Bonchev–Trinajstić information content (AvgIpc) is 2.34. The molecule has 0 aliphatic heterocycles. The average molecular weight is 257 g/mol. The molecule has 0 spiro atoms. The second kappa shape index (κ2) is 4.39. The molecule has 4 heteroatoms. The first-order valence-electron chi connectivity index (χ1n) is 6.02. The fourth-order valence-corrected chi connectivity index (χ4v) is 2.32. The topological polar surface area (TPSA) is 49.3 Å². The number of aromatic hydroxyl groups is 1. The van der Waals surface area contributed by atoms with Crippen LogP contribution in [-0.2, 0) is 11.2 Å². The Balaban J connectivity index is 1.77. The number of fused-ring (bicyclic) bond motifs is 1. The molecule has 19 heavy (non-hydrogen) atoms. The molecular formula is C15H12FNO2. The van der Waals surface area contributed by atoms with E-state index in [0.29, 0.717) is 6.42 Å². The standard InChI is InChI=1S/C15H12FNO2/c16-13-8-10(18)5-6-14(13)17-15(19)12-7-9-3-1-2-4-11(9)12/h1-6,8,12,18H,7H2,(H,17,19). The molecule has 1 aliphatic rings. The molecule has 96 valence electrons. The molecule has 0 aromatic heterocycles. The number of nitrogens with one attached hydrogen (secondary N) is 1. The van der Waals surface area contributed by atoms with Crippen molar-refractivity contribution in [3.63, 3.8) is 0 Å². The molecule has 1 amide bonds. The lowest BCUT2D eigenvalue weighted by Crippen LogP contribution is -2.30. The summed E-state index contributed by atoms with van der Waals surface area (Å²) in [6.45, 7) is 0. The fraction of sp³-hybridized carbons (Fsp3) is 0.133. The minimum atomic E-state index is -0.638. The van der Waals surface area contributed by atoms with Crippen molar-refractivity contribution in [2.75, 3.05) is 5.32 Å². The number of halogens is 1. The monoisotopic (exact) mass is 257 g/mol. The highest BCUT2D eigenvalue weighted by Gasteiger charge is 2.31. The van der Waals surface area contributed by atoms with Crippen LogP contribution in [0.15, 0.2) is 42.5 Å². The van der Waals surface area contributed by atoms with Crippen molar-refractivity contribution in [2.45, 2.75) is 12.3 Å². The van der Waals surface area contributed by atoms with Crippen LogP contribution in [0.3, 0.4) is 0 Å². The summed E-state index contributed by atoms with van der Waals surface area (Å²) in [6, 6.07) is 11.4. The minimum Gasteiger partial charge on any atom is -0.508 e. The van der Waals surface area contributed by atoms with E-state index in [1.165, 1.54) is 12.1 Å². The van der Waals surface area contributed by atoms with Gasteiger partial charge in [0.05, 0.1) is 11.6 Å². The lowest BCUT2D eigenvalue weighted by molar-refractivity contribution is -0.118. The van der Waals surface area contributed by atoms with E-state index in [9.17, 15) is 9.18 Å². The zero-order chi connectivity index (χ0) is 13.4. The largest absolute Gasteiger partial charge is 0.508 e. The Kier molecular flexibility index (Phi) is 2.71. The summed E-state index contributed by atoms with van der Waals surface area (Å²) in [4.78, 5) is 12.1. The zero-order valence-electron chi connectivity index (χ0n) is 10.1.